The summed E-state index contributed by atoms with van der Waals surface area (Å²) in [4.78, 5) is 13.7. The van der Waals surface area contributed by atoms with Crippen LogP contribution >= 0.6 is 0 Å². The number of carboxylic acid groups (broad SMARTS) is 1. The van der Waals surface area contributed by atoms with Crippen molar-refractivity contribution in [2.75, 3.05) is 13.1 Å². The number of aromatic carboxylic acids is 1. The van der Waals surface area contributed by atoms with Gasteiger partial charge in [-0.05, 0) is 42.7 Å². The first kappa shape index (κ1) is 16.7. The molecule has 2 aromatic rings. The van der Waals surface area contributed by atoms with Crippen LogP contribution in [0, 0.1) is 0 Å². The number of carbonyl (C=O) groups is 1. The molecule has 2 unspecified atom stereocenters. The monoisotopic (exact) mass is 325 g/mol. The van der Waals surface area contributed by atoms with Crippen molar-refractivity contribution in [1.82, 2.24) is 4.90 Å². The number of ether oxygens (including phenoxy) is 1. The van der Waals surface area contributed by atoms with E-state index in [4.69, 9.17) is 4.74 Å². The van der Waals surface area contributed by atoms with Crippen LogP contribution in [0.4, 0.5) is 0 Å². The van der Waals surface area contributed by atoms with Crippen LogP contribution in [0.1, 0.15) is 29.8 Å². The van der Waals surface area contributed by atoms with Crippen molar-refractivity contribution in [2.45, 2.75) is 32.6 Å². The summed E-state index contributed by atoms with van der Waals surface area (Å²) in [6, 6.07) is 15.5. The zero-order valence-electron chi connectivity index (χ0n) is 14.1. The van der Waals surface area contributed by atoms with Gasteiger partial charge in [-0.3, -0.25) is 4.90 Å². The van der Waals surface area contributed by atoms with Gasteiger partial charge in [0, 0.05) is 19.6 Å². The Hall–Kier alpha value is -2.17. The van der Waals surface area contributed by atoms with Crippen LogP contribution in [-0.2, 0) is 11.3 Å². The third kappa shape index (κ3) is 3.83. The van der Waals surface area contributed by atoms with Crippen LogP contribution in [0.5, 0.6) is 0 Å². The standard InChI is InChI=1S/C20H23NO3/c1-14-11-21(12-15(2)24-14)13-18-10-17(20(22)23)8-9-19(18)16-6-4-3-5-7-16/h3-10,14-15H,11-13H2,1-2H3,(H,22,23). The van der Waals surface area contributed by atoms with Crippen LogP contribution < -0.4 is 0 Å². The molecule has 2 atom stereocenters. The molecule has 1 fully saturated rings. The van der Waals surface area contributed by atoms with E-state index in [1.165, 1.54) is 0 Å². The lowest BCUT2D eigenvalue weighted by Gasteiger charge is -2.35. The molecule has 1 N–H and O–H groups in total. The Labute approximate surface area is 142 Å². The zero-order valence-corrected chi connectivity index (χ0v) is 14.1. The Morgan fingerprint density at radius 2 is 1.79 bits per heavy atom. The highest BCUT2D eigenvalue weighted by Crippen LogP contribution is 2.27. The predicted octanol–water partition coefficient (Wildman–Crippen LogP) is 3.66. The highest BCUT2D eigenvalue weighted by Gasteiger charge is 2.23. The van der Waals surface area contributed by atoms with Crippen molar-refractivity contribution in [3.05, 3.63) is 59.7 Å². The fourth-order valence-electron chi connectivity index (χ4n) is 3.41. The molecule has 2 aromatic carbocycles. The van der Waals surface area contributed by atoms with Gasteiger partial charge >= 0.3 is 5.97 Å². The first-order valence-electron chi connectivity index (χ1n) is 8.32. The molecule has 1 heterocycles. The largest absolute Gasteiger partial charge is 0.478 e. The summed E-state index contributed by atoms with van der Waals surface area (Å²) in [6.07, 6.45) is 0.383. The van der Waals surface area contributed by atoms with E-state index >= 15 is 0 Å². The lowest BCUT2D eigenvalue weighted by molar-refractivity contribution is -0.0704. The number of rotatable bonds is 4. The van der Waals surface area contributed by atoms with E-state index in [1.807, 2.05) is 24.3 Å². The van der Waals surface area contributed by atoms with Gasteiger partial charge in [0.2, 0.25) is 0 Å². The molecule has 1 saturated heterocycles. The van der Waals surface area contributed by atoms with Crippen molar-refractivity contribution in [3.63, 3.8) is 0 Å². The van der Waals surface area contributed by atoms with E-state index in [2.05, 4.69) is 30.9 Å². The molecule has 24 heavy (non-hydrogen) atoms. The molecule has 0 spiro atoms. The van der Waals surface area contributed by atoms with E-state index in [0.717, 1.165) is 36.3 Å². The second-order valence-corrected chi connectivity index (χ2v) is 6.49. The Kier molecular flexibility index (Phi) is 4.97. The summed E-state index contributed by atoms with van der Waals surface area (Å²) in [7, 11) is 0. The highest BCUT2D eigenvalue weighted by atomic mass is 16.5. The molecule has 0 aromatic heterocycles. The normalized spacial score (nSPS) is 21.6. The molecule has 126 valence electrons. The minimum atomic E-state index is -0.889. The smallest absolute Gasteiger partial charge is 0.335 e. The molecular weight excluding hydrogens is 302 g/mol. The molecule has 0 amide bonds. The van der Waals surface area contributed by atoms with E-state index in [1.54, 1.807) is 12.1 Å². The van der Waals surface area contributed by atoms with Gasteiger partial charge in [-0.25, -0.2) is 4.79 Å². The lowest BCUT2D eigenvalue weighted by atomic mass is 9.96. The van der Waals surface area contributed by atoms with E-state index < -0.39 is 5.97 Å². The highest BCUT2D eigenvalue weighted by molar-refractivity contribution is 5.89. The first-order valence-corrected chi connectivity index (χ1v) is 8.32. The average molecular weight is 325 g/mol. The first-order chi connectivity index (χ1) is 11.5. The average Bonchev–Trinajstić information content (AvgIpc) is 2.54. The molecule has 3 rings (SSSR count). The van der Waals surface area contributed by atoms with Crippen molar-refractivity contribution >= 4 is 5.97 Å². The fourth-order valence-corrected chi connectivity index (χ4v) is 3.41. The maximum absolute atomic E-state index is 11.4. The Morgan fingerprint density at radius 1 is 1.12 bits per heavy atom. The summed E-state index contributed by atoms with van der Waals surface area (Å²) in [6.45, 7) is 6.60. The number of hydrogen-bond acceptors (Lipinski definition) is 3. The van der Waals surface area contributed by atoms with Gasteiger partial charge in [-0.1, -0.05) is 36.4 Å². The summed E-state index contributed by atoms with van der Waals surface area (Å²) in [5, 5.41) is 9.33. The van der Waals surface area contributed by atoms with Crippen LogP contribution in [0.3, 0.4) is 0 Å². The third-order valence-corrected chi connectivity index (χ3v) is 4.33. The maximum atomic E-state index is 11.4. The number of carboxylic acids is 1. The molecule has 4 nitrogen and oxygen atoms in total. The molecule has 0 radical (unpaired) electrons. The van der Waals surface area contributed by atoms with E-state index in [9.17, 15) is 9.90 Å². The van der Waals surface area contributed by atoms with Gasteiger partial charge in [0.1, 0.15) is 0 Å². The SMILES string of the molecule is CC1CN(Cc2cc(C(=O)O)ccc2-c2ccccc2)CC(C)O1. The molecule has 0 bridgehead atoms. The van der Waals surface area contributed by atoms with Crippen molar-refractivity contribution in [2.24, 2.45) is 0 Å². The predicted molar refractivity (Wildman–Crippen MR) is 94.1 cm³/mol. The fraction of sp³-hybridized carbons (Fsp3) is 0.350. The Balaban J connectivity index is 1.94. The second kappa shape index (κ2) is 7.16. The van der Waals surface area contributed by atoms with E-state index in [-0.39, 0.29) is 12.2 Å². The molecule has 4 heteroatoms. The Morgan fingerprint density at radius 3 is 2.42 bits per heavy atom. The molecule has 1 aliphatic heterocycles. The number of nitrogens with zero attached hydrogens (tertiary/aromatic N) is 1. The third-order valence-electron chi connectivity index (χ3n) is 4.33. The van der Waals surface area contributed by atoms with Crippen LogP contribution in [-0.4, -0.2) is 41.3 Å². The van der Waals surface area contributed by atoms with Crippen LogP contribution in [0.15, 0.2) is 48.5 Å². The topological polar surface area (TPSA) is 49.8 Å². The van der Waals surface area contributed by atoms with Gasteiger partial charge < -0.3 is 9.84 Å². The van der Waals surface area contributed by atoms with Gasteiger partial charge in [0.05, 0.1) is 17.8 Å². The van der Waals surface area contributed by atoms with E-state index in [0.29, 0.717) is 5.56 Å². The van der Waals surface area contributed by atoms with Crippen molar-refractivity contribution in [3.8, 4) is 11.1 Å². The molecule has 0 aliphatic carbocycles. The molecule has 1 aliphatic rings. The minimum Gasteiger partial charge on any atom is -0.478 e. The van der Waals surface area contributed by atoms with Gasteiger partial charge in [0.15, 0.2) is 0 Å². The van der Waals surface area contributed by atoms with Crippen LogP contribution in [0.25, 0.3) is 11.1 Å². The summed E-state index contributed by atoms with van der Waals surface area (Å²) < 4.78 is 5.80. The summed E-state index contributed by atoms with van der Waals surface area (Å²) in [5.41, 5.74) is 3.58. The molecular formula is C20H23NO3. The van der Waals surface area contributed by atoms with Crippen molar-refractivity contribution in [1.29, 1.82) is 0 Å². The Bertz CT molecular complexity index is 704. The van der Waals surface area contributed by atoms with Gasteiger partial charge in [-0.15, -0.1) is 0 Å². The van der Waals surface area contributed by atoms with Crippen LogP contribution in [0.2, 0.25) is 0 Å². The molecule has 0 saturated carbocycles. The lowest BCUT2D eigenvalue weighted by Crippen LogP contribution is -2.44. The van der Waals surface area contributed by atoms with Gasteiger partial charge in [0.25, 0.3) is 0 Å². The summed E-state index contributed by atoms with van der Waals surface area (Å²) >= 11 is 0. The number of benzene rings is 2. The zero-order chi connectivity index (χ0) is 17.1. The quantitative estimate of drug-likeness (QED) is 0.932. The minimum absolute atomic E-state index is 0.191. The second-order valence-electron chi connectivity index (χ2n) is 6.49. The summed E-state index contributed by atoms with van der Waals surface area (Å²) in [5.74, 6) is -0.889. The number of morpholine rings is 1. The number of hydrogen-bond donors (Lipinski definition) is 1. The van der Waals surface area contributed by atoms with Crippen molar-refractivity contribution < 1.29 is 14.6 Å². The maximum Gasteiger partial charge on any atom is 0.335 e. The van der Waals surface area contributed by atoms with Gasteiger partial charge in [-0.2, -0.15) is 0 Å².